The first-order chi connectivity index (χ1) is 30.2. The quantitative estimate of drug-likeness (QED) is 0.155. The average molecular weight is 812 g/mol. The van der Waals surface area contributed by atoms with Crippen LogP contribution in [0, 0.1) is 0 Å². The Kier molecular flexibility index (Phi) is 8.62. The molecule has 0 bridgehead atoms. The van der Waals surface area contributed by atoms with Gasteiger partial charge in [-0.3, -0.25) is 0 Å². The molecule has 12 rings (SSSR count). The highest BCUT2D eigenvalue weighted by molar-refractivity contribution is 7.26. The van der Waals surface area contributed by atoms with E-state index < -0.39 is 0 Å². The molecule has 1 nitrogen and oxygen atoms in total. The van der Waals surface area contributed by atoms with Crippen LogP contribution in [-0.2, 0) is 0 Å². The maximum absolute atomic E-state index is 2.37. The van der Waals surface area contributed by atoms with Crippen molar-refractivity contribution in [2.75, 3.05) is 4.90 Å². The molecule has 0 amide bonds. The number of hydrogen-bond acceptors (Lipinski definition) is 3. The van der Waals surface area contributed by atoms with Crippen molar-refractivity contribution < 1.29 is 0 Å². The predicted octanol–water partition coefficient (Wildman–Crippen LogP) is 17.7. The number of thiophene rings is 2. The molecular formula is C58H37NS2. The van der Waals surface area contributed by atoms with Gasteiger partial charge in [0.1, 0.15) is 0 Å². The minimum atomic E-state index is 1.10. The van der Waals surface area contributed by atoms with Gasteiger partial charge in [-0.2, -0.15) is 0 Å². The third-order valence-electron chi connectivity index (χ3n) is 12.1. The fraction of sp³-hybridized carbons (Fsp3) is 0. The lowest BCUT2D eigenvalue weighted by Gasteiger charge is -2.26. The van der Waals surface area contributed by atoms with Gasteiger partial charge in [0.2, 0.25) is 0 Å². The van der Waals surface area contributed by atoms with E-state index in [1.165, 1.54) is 95.6 Å². The molecule has 0 fully saturated rings. The van der Waals surface area contributed by atoms with E-state index in [4.69, 9.17) is 0 Å². The zero-order valence-corrected chi connectivity index (χ0v) is 34.8. The van der Waals surface area contributed by atoms with E-state index in [1.807, 2.05) is 22.7 Å². The second kappa shape index (κ2) is 14.8. The molecule has 10 aromatic carbocycles. The molecule has 0 unspecified atom stereocenters. The molecule has 3 heteroatoms. The number of anilines is 3. The van der Waals surface area contributed by atoms with Crippen LogP contribution in [0.15, 0.2) is 224 Å². The summed E-state index contributed by atoms with van der Waals surface area (Å²) in [5, 5.41) is 7.79. The van der Waals surface area contributed by atoms with E-state index in [0.717, 1.165) is 17.1 Å². The number of benzene rings is 10. The van der Waals surface area contributed by atoms with Crippen LogP contribution in [0.3, 0.4) is 0 Å². The van der Waals surface area contributed by atoms with Crippen LogP contribution < -0.4 is 4.90 Å². The Hall–Kier alpha value is -7.30. The summed E-state index contributed by atoms with van der Waals surface area (Å²) < 4.78 is 5.31. The van der Waals surface area contributed by atoms with Crippen molar-refractivity contribution >= 4 is 90.9 Å². The monoisotopic (exact) mass is 811 g/mol. The first-order valence-electron chi connectivity index (χ1n) is 20.7. The summed E-state index contributed by atoms with van der Waals surface area (Å²) in [6.07, 6.45) is 0. The molecule has 61 heavy (non-hydrogen) atoms. The van der Waals surface area contributed by atoms with Gasteiger partial charge >= 0.3 is 0 Å². The van der Waals surface area contributed by atoms with Gasteiger partial charge in [-0.05, 0) is 128 Å². The van der Waals surface area contributed by atoms with Gasteiger partial charge in [-0.1, -0.05) is 152 Å². The van der Waals surface area contributed by atoms with Gasteiger partial charge < -0.3 is 4.90 Å². The van der Waals surface area contributed by atoms with E-state index in [0.29, 0.717) is 0 Å². The molecule has 0 saturated carbocycles. The van der Waals surface area contributed by atoms with Gasteiger partial charge in [0.25, 0.3) is 0 Å². The molecule has 286 valence electrons. The second-order valence-corrected chi connectivity index (χ2v) is 17.8. The largest absolute Gasteiger partial charge is 0.311 e. The van der Waals surface area contributed by atoms with Gasteiger partial charge in [-0.25, -0.2) is 0 Å². The lowest BCUT2D eigenvalue weighted by atomic mass is 9.97. The van der Waals surface area contributed by atoms with Crippen molar-refractivity contribution in [2.45, 2.75) is 0 Å². The summed E-state index contributed by atoms with van der Waals surface area (Å²) in [6.45, 7) is 0. The Balaban J connectivity index is 0.914. The molecule has 0 atom stereocenters. The summed E-state index contributed by atoms with van der Waals surface area (Å²) in [5.41, 5.74) is 13.1. The summed E-state index contributed by atoms with van der Waals surface area (Å²) in [7, 11) is 0. The van der Waals surface area contributed by atoms with Gasteiger partial charge in [0.05, 0.1) is 0 Å². The van der Waals surface area contributed by atoms with Crippen LogP contribution in [0.2, 0.25) is 0 Å². The zero-order chi connectivity index (χ0) is 40.3. The standard InChI is InChI=1S/C58H37NS2/c1-2-10-42-36-45(20-19-38(42)9-1)44-12-7-11-43(35-44)39-21-28-47(29-22-39)59(48-30-23-40(24-31-48)46-27-34-57-54(37-46)52-14-4-5-17-55(52)60-57)49-32-25-41(26-33-49)50-15-8-16-53-51-13-3-6-18-56(51)61-58(50)53/h1-37H. The minimum absolute atomic E-state index is 1.10. The van der Waals surface area contributed by atoms with Crippen LogP contribution in [0.25, 0.3) is 95.6 Å². The Bertz CT molecular complexity index is 3580. The summed E-state index contributed by atoms with van der Waals surface area (Å²) in [5.74, 6) is 0. The maximum Gasteiger partial charge on any atom is 0.0462 e. The van der Waals surface area contributed by atoms with Crippen LogP contribution >= 0.6 is 22.7 Å². The van der Waals surface area contributed by atoms with Gasteiger partial charge in [0, 0.05) is 57.4 Å². The summed E-state index contributed by atoms with van der Waals surface area (Å²) in [6, 6.07) is 82.4. The highest BCUT2D eigenvalue weighted by Gasteiger charge is 2.16. The third kappa shape index (κ3) is 6.38. The van der Waals surface area contributed by atoms with E-state index >= 15 is 0 Å². The maximum atomic E-state index is 2.37. The number of nitrogens with zero attached hydrogens (tertiary/aromatic N) is 1. The molecular weight excluding hydrogens is 775 g/mol. The van der Waals surface area contributed by atoms with Crippen molar-refractivity contribution in [1.29, 1.82) is 0 Å². The first kappa shape index (κ1) is 35.6. The fourth-order valence-electron chi connectivity index (χ4n) is 8.97. The Morgan fingerprint density at radius 2 is 0.738 bits per heavy atom. The van der Waals surface area contributed by atoms with Crippen molar-refractivity contribution in [1.82, 2.24) is 0 Å². The third-order valence-corrected chi connectivity index (χ3v) is 14.5. The first-order valence-corrected chi connectivity index (χ1v) is 22.4. The molecule has 2 heterocycles. The average Bonchev–Trinajstić information content (AvgIpc) is 3.91. The molecule has 2 aromatic heterocycles. The molecule has 0 aliphatic carbocycles. The van der Waals surface area contributed by atoms with Crippen LogP contribution in [-0.4, -0.2) is 0 Å². The van der Waals surface area contributed by atoms with Gasteiger partial charge in [0.15, 0.2) is 0 Å². The normalized spacial score (nSPS) is 11.6. The summed E-state index contributed by atoms with van der Waals surface area (Å²) >= 11 is 3.74. The smallest absolute Gasteiger partial charge is 0.0462 e. The van der Waals surface area contributed by atoms with Crippen LogP contribution in [0.5, 0.6) is 0 Å². The van der Waals surface area contributed by atoms with Gasteiger partial charge in [-0.15, -0.1) is 22.7 Å². The zero-order valence-electron chi connectivity index (χ0n) is 33.1. The van der Waals surface area contributed by atoms with Crippen LogP contribution in [0.4, 0.5) is 17.1 Å². The SMILES string of the molecule is c1cc(-c2ccc(N(c3ccc(-c4ccc5sc6ccccc6c5c4)cc3)c3ccc(-c4cccc5c4sc4ccccc45)cc3)cc2)cc(-c2ccc3ccccc3c2)c1. The fourth-order valence-corrected chi connectivity index (χ4v) is 11.3. The lowest BCUT2D eigenvalue weighted by molar-refractivity contribution is 1.28. The number of rotatable bonds is 7. The Labute approximate surface area is 362 Å². The molecule has 0 saturated heterocycles. The molecule has 0 spiro atoms. The molecule has 12 aromatic rings. The van der Waals surface area contributed by atoms with Crippen molar-refractivity contribution in [2.24, 2.45) is 0 Å². The van der Waals surface area contributed by atoms with E-state index in [2.05, 4.69) is 229 Å². The Morgan fingerprint density at radius 1 is 0.262 bits per heavy atom. The number of fused-ring (bicyclic) bond motifs is 7. The van der Waals surface area contributed by atoms with Crippen LogP contribution in [0.1, 0.15) is 0 Å². The molecule has 0 aliphatic rings. The highest BCUT2D eigenvalue weighted by Crippen LogP contribution is 2.43. The van der Waals surface area contributed by atoms with E-state index in [1.54, 1.807) is 0 Å². The number of hydrogen-bond donors (Lipinski definition) is 0. The predicted molar refractivity (Wildman–Crippen MR) is 266 cm³/mol. The molecule has 0 radical (unpaired) electrons. The van der Waals surface area contributed by atoms with Crippen molar-refractivity contribution in [3.05, 3.63) is 224 Å². The lowest BCUT2D eigenvalue weighted by Crippen LogP contribution is -2.09. The Morgan fingerprint density at radius 3 is 1.44 bits per heavy atom. The summed E-state index contributed by atoms with van der Waals surface area (Å²) in [4.78, 5) is 2.37. The van der Waals surface area contributed by atoms with Crippen molar-refractivity contribution in [3.8, 4) is 44.5 Å². The highest BCUT2D eigenvalue weighted by atomic mass is 32.1. The minimum Gasteiger partial charge on any atom is -0.311 e. The molecule has 0 N–H and O–H groups in total. The molecule has 0 aliphatic heterocycles. The van der Waals surface area contributed by atoms with E-state index in [9.17, 15) is 0 Å². The van der Waals surface area contributed by atoms with E-state index in [-0.39, 0.29) is 0 Å². The van der Waals surface area contributed by atoms with Crippen molar-refractivity contribution in [3.63, 3.8) is 0 Å². The topological polar surface area (TPSA) is 3.24 Å². The second-order valence-electron chi connectivity index (χ2n) is 15.7.